The van der Waals surface area contributed by atoms with Crippen molar-refractivity contribution in [2.45, 2.75) is 36.6 Å². The smallest absolute Gasteiger partial charge is 0.240 e. The number of halogens is 1. The lowest BCUT2D eigenvalue weighted by Crippen LogP contribution is -2.34. The summed E-state index contributed by atoms with van der Waals surface area (Å²) in [7, 11) is -2.08. The van der Waals surface area contributed by atoms with Crippen LogP contribution in [-0.2, 0) is 14.8 Å². The molecule has 0 radical (unpaired) electrons. The summed E-state index contributed by atoms with van der Waals surface area (Å²) in [6.45, 7) is 1.63. The highest BCUT2D eigenvalue weighted by molar-refractivity contribution is 7.89. The summed E-state index contributed by atoms with van der Waals surface area (Å²) in [5.41, 5.74) is 0.389. The number of nitrogens with one attached hydrogen (secondary N) is 3. The zero-order chi connectivity index (χ0) is 17.2. The number of rotatable bonds is 6. The number of ether oxygens (including phenoxy) is 1. The molecule has 1 aromatic carbocycles. The second-order valence-electron chi connectivity index (χ2n) is 6.27. The molecule has 7 nitrogen and oxygen atoms in total. The molecule has 2 aliphatic rings. The summed E-state index contributed by atoms with van der Waals surface area (Å²) in [6.07, 6.45) is 3.29. The minimum Gasteiger partial charge on any atom is -0.495 e. The molecule has 1 saturated carbocycles. The number of hydrogen-bond acceptors (Lipinski definition) is 5. The van der Waals surface area contributed by atoms with Crippen molar-refractivity contribution in [2.75, 3.05) is 25.5 Å². The van der Waals surface area contributed by atoms with Gasteiger partial charge in [-0.3, -0.25) is 4.79 Å². The van der Waals surface area contributed by atoms with Crippen LogP contribution in [0.15, 0.2) is 23.1 Å². The Kier molecular flexibility index (Phi) is 6.67. The number of sulfonamides is 1. The van der Waals surface area contributed by atoms with Crippen molar-refractivity contribution in [3.05, 3.63) is 18.2 Å². The van der Waals surface area contributed by atoms with Crippen LogP contribution in [0.25, 0.3) is 0 Å². The summed E-state index contributed by atoms with van der Waals surface area (Å²) in [5.74, 6) is 0.281. The Morgan fingerprint density at radius 1 is 1.20 bits per heavy atom. The van der Waals surface area contributed by atoms with Crippen LogP contribution in [0.3, 0.4) is 0 Å². The van der Waals surface area contributed by atoms with Gasteiger partial charge in [0.05, 0.1) is 17.7 Å². The third-order valence-corrected chi connectivity index (χ3v) is 5.87. The first kappa shape index (κ1) is 20.0. The summed E-state index contributed by atoms with van der Waals surface area (Å²) < 4.78 is 32.6. The van der Waals surface area contributed by atoms with Crippen LogP contribution in [0.1, 0.15) is 25.7 Å². The molecular formula is C16H24ClN3O4S. The number of anilines is 1. The molecule has 140 valence electrons. The maximum atomic E-state index is 12.4. The van der Waals surface area contributed by atoms with E-state index in [9.17, 15) is 13.2 Å². The predicted molar refractivity (Wildman–Crippen MR) is 97.8 cm³/mol. The van der Waals surface area contributed by atoms with Gasteiger partial charge in [0.15, 0.2) is 0 Å². The van der Waals surface area contributed by atoms with Crippen molar-refractivity contribution in [1.82, 2.24) is 10.0 Å². The number of amides is 1. The SMILES string of the molecule is COc1ccc(S(=O)(=O)NC2CC2)cc1NC(=O)C1CCNCC1.Cl. The molecule has 0 aromatic heterocycles. The van der Waals surface area contributed by atoms with Gasteiger partial charge in [-0.2, -0.15) is 0 Å². The van der Waals surface area contributed by atoms with Crippen LogP contribution in [0.5, 0.6) is 5.75 Å². The van der Waals surface area contributed by atoms with Crippen molar-refractivity contribution < 1.29 is 17.9 Å². The molecule has 25 heavy (non-hydrogen) atoms. The molecule has 0 spiro atoms. The van der Waals surface area contributed by atoms with E-state index < -0.39 is 10.0 Å². The molecule has 3 N–H and O–H groups in total. The molecule has 2 fully saturated rings. The summed E-state index contributed by atoms with van der Waals surface area (Å²) in [4.78, 5) is 12.6. The van der Waals surface area contributed by atoms with E-state index in [1.807, 2.05) is 0 Å². The highest BCUT2D eigenvalue weighted by Gasteiger charge is 2.29. The summed E-state index contributed by atoms with van der Waals surface area (Å²) >= 11 is 0. The van der Waals surface area contributed by atoms with Gasteiger partial charge in [-0.25, -0.2) is 13.1 Å². The Bertz CT molecular complexity index is 716. The maximum absolute atomic E-state index is 12.4. The van der Waals surface area contributed by atoms with Crippen LogP contribution in [0.2, 0.25) is 0 Å². The maximum Gasteiger partial charge on any atom is 0.240 e. The Balaban J connectivity index is 0.00000225. The van der Waals surface area contributed by atoms with Crippen LogP contribution >= 0.6 is 12.4 Å². The molecule has 1 aromatic rings. The summed E-state index contributed by atoms with van der Waals surface area (Å²) in [5, 5.41) is 6.05. The highest BCUT2D eigenvalue weighted by Crippen LogP contribution is 2.30. The van der Waals surface area contributed by atoms with Gasteiger partial charge in [0.1, 0.15) is 5.75 Å². The number of carbonyl (C=O) groups excluding carboxylic acids is 1. The molecule has 0 unspecified atom stereocenters. The van der Waals surface area contributed by atoms with E-state index in [1.165, 1.54) is 19.2 Å². The molecule has 0 atom stereocenters. The lowest BCUT2D eigenvalue weighted by atomic mass is 9.97. The fourth-order valence-electron chi connectivity index (χ4n) is 2.76. The number of hydrogen-bond donors (Lipinski definition) is 3. The van der Waals surface area contributed by atoms with Gasteiger partial charge in [-0.15, -0.1) is 12.4 Å². The van der Waals surface area contributed by atoms with Crippen molar-refractivity contribution in [3.8, 4) is 5.75 Å². The van der Waals surface area contributed by atoms with Gasteiger partial charge >= 0.3 is 0 Å². The van der Waals surface area contributed by atoms with E-state index in [1.54, 1.807) is 6.07 Å². The van der Waals surface area contributed by atoms with Crippen LogP contribution in [0.4, 0.5) is 5.69 Å². The first-order valence-corrected chi connectivity index (χ1v) is 9.70. The molecular weight excluding hydrogens is 366 g/mol. The number of piperidine rings is 1. The van der Waals surface area contributed by atoms with Crippen molar-refractivity contribution >= 4 is 34.0 Å². The van der Waals surface area contributed by atoms with Crippen LogP contribution < -0.4 is 20.1 Å². The summed E-state index contributed by atoms with van der Waals surface area (Å²) in [6, 6.07) is 4.55. The minimum absolute atomic E-state index is 0. The zero-order valence-corrected chi connectivity index (χ0v) is 15.7. The molecule has 1 heterocycles. The number of carbonyl (C=O) groups is 1. The average molecular weight is 390 g/mol. The number of benzene rings is 1. The van der Waals surface area contributed by atoms with Gasteiger partial charge < -0.3 is 15.4 Å². The average Bonchev–Trinajstić information content (AvgIpc) is 3.39. The van der Waals surface area contributed by atoms with E-state index >= 15 is 0 Å². The third kappa shape index (κ3) is 5.07. The molecule has 0 bridgehead atoms. The van der Waals surface area contributed by atoms with Gasteiger partial charge in [0, 0.05) is 12.0 Å². The zero-order valence-electron chi connectivity index (χ0n) is 14.1. The van der Waals surface area contributed by atoms with E-state index in [4.69, 9.17) is 4.74 Å². The number of methoxy groups -OCH3 is 1. The molecule has 1 amide bonds. The largest absolute Gasteiger partial charge is 0.495 e. The fraction of sp³-hybridized carbons (Fsp3) is 0.562. The molecule has 1 saturated heterocycles. The Labute approximate surface area is 154 Å². The standard InChI is InChI=1S/C16H23N3O4S.ClH/c1-23-15-5-4-13(24(21,22)19-12-2-3-12)10-14(15)18-16(20)11-6-8-17-9-7-11;/h4-5,10-12,17,19H,2-3,6-9H2,1H3,(H,18,20);1H. The minimum atomic E-state index is -3.57. The first-order chi connectivity index (χ1) is 11.5. The lowest BCUT2D eigenvalue weighted by molar-refractivity contribution is -0.120. The van der Waals surface area contributed by atoms with Crippen molar-refractivity contribution in [3.63, 3.8) is 0 Å². The van der Waals surface area contributed by atoms with Gasteiger partial charge in [-0.1, -0.05) is 0 Å². The van der Waals surface area contributed by atoms with E-state index in [0.717, 1.165) is 38.8 Å². The van der Waals surface area contributed by atoms with Crippen LogP contribution in [-0.4, -0.2) is 40.6 Å². The van der Waals surface area contributed by atoms with E-state index in [-0.39, 0.29) is 35.2 Å². The predicted octanol–water partition coefficient (Wildman–Crippen LogP) is 1.50. The monoisotopic (exact) mass is 389 g/mol. The third-order valence-electron chi connectivity index (χ3n) is 4.35. The molecule has 9 heteroatoms. The van der Waals surface area contributed by atoms with Crippen molar-refractivity contribution in [1.29, 1.82) is 0 Å². The Morgan fingerprint density at radius 2 is 1.88 bits per heavy atom. The highest BCUT2D eigenvalue weighted by atomic mass is 35.5. The lowest BCUT2D eigenvalue weighted by Gasteiger charge is -2.22. The Morgan fingerprint density at radius 3 is 2.48 bits per heavy atom. The quantitative estimate of drug-likeness (QED) is 0.685. The fourth-order valence-corrected chi connectivity index (χ4v) is 4.09. The topological polar surface area (TPSA) is 96.5 Å². The molecule has 3 rings (SSSR count). The van der Waals surface area contributed by atoms with Gasteiger partial charge in [0.25, 0.3) is 0 Å². The normalized spacial score (nSPS) is 18.3. The van der Waals surface area contributed by atoms with E-state index in [2.05, 4.69) is 15.4 Å². The van der Waals surface area contributed by atoms with Crippen molar-refractivity contribution in [2.24, 2.45) is 5.92 Å². The van der Waals surface area contributed by atoms with Gasteiger partial charge in [0.2, 0.25) is 15.9 Å². The Hall–Kier alpha value is -1.35. The molecule has 1 aliphatic carbocycles. The van der Waals surface area contributed by atoms with Crippen LogP contribution in [0, 0.1) is 5.92 Å². The first-order valence-electron chi connectivity index (χ1n) is 8.21. The second kappa shape index (κ2) is 8.35. The molecule has 1 aliphatic heterocycles. The second-order valence-corrected chi connectivity index (χ2v) is 7.99. The van der Waals surface area contributed by atoms with E-state index in [0.29, 0.717) is 11.4 Å². The van der Waals surface area contributed by atoms with Gasteiger partial charge in [-0.05, 0) is 57.0 Å².